The van der Waals surface area contributed by atoms with Crippen LogP contribution in [0.3, 0.4) is 0 Å². The number of nitrogens with one attached hydrogen (secondary N) is 2. The van der Waals surface area contributed by atoms with Gasteiger partial charge in [-0.3, -0.25) is 15.2 Å². The number of hydrogen-bond acceptors (Lipinski definition) is 6. The standard InChI is InChI=1S/C23H23ClN4O3S.2ClH/c1-2-20(22(26)32(30,31)19-9-7-17(24)8-10-19)21(25)15-3-5-16(6-4-15)23(29)28-18-11-13-27-14-12-18;;/h3-14,20-21,26H,2,25H2,1H3,(H,27,28,29);2*1H. The van der Waals surface area contributed by atoms with Gasteiger partial charge >= 0.3 is 0 Å². The first-order chi connectivity index (χ1) is 15.2. The molecule has 2 unspecified atom stereocenters. The maximum Gasteiger partial charge on any atom is 0.255 e. The summed E-state index contributed by atoms with van der Waals surface area (Å²) >= 11 is 5.84. The van der Waals surface area contributed by atoms with Gasteiger partial charge in [-0.2, -0.15) is 0 Å². The lowest BCUT2D eigenvalue weighted by atomic mass is 9.92. The van der Waals surface area contributed by atoms with E-state index in [4.69, 9.17) is 22.7 Å². The van der Waals surface area contributed by atoms with Crippen molar-refractivity contribution in [2.75, 3.05) is 5.32 Å². The molecule has 0 saturated heterocycles. The molecule has 4 N–H and O–H groups in total. The van der Waals surface area contributed by atoms with Gasteiger partial charge < -0.3 is 11.1 Å². The molecule has 0 aliphatic rings. The van der Waals surface area contributed by atoms with E-state index in [0.717, 1.165) is 0 Å². The van der Waals surface area contributed by atoms with Crippen LogP contribution >= 0.6 is 36.4 Å². The number of pyridine rings is 1. The van der Waals surface area contributed by atoms with Gasteiger partial charge in [0.1, 0.15) is 5.04 Å². The van der Waals surface area contributed by atoms with E-state index in [0.29, 0.717) is 28.3 Å². The number of rotatable bonds is 7. The second kappa shape index (κ2) is 12.8. The van der Waals surface area contributed by atoms with Crippen LogP contribution in [0.2, 0.25) is 5.02 Å². The summed E-state index contributed by atoms with van der Waals surface area (Å²) in [5.41, 5.74) is 8.05. The summed E-state index contributed by atoms with van der Waals surface area (Å²) in [5, 5.41) is 11.1. The van der Waals surface area contributed by atoms with Crippen molar-refractivity contribution >= 4 is 62.9 Å². The molecule has 2 atom stereocenters. The Kier molecular flexibility index (Phi) is 11.1. The van der Waals surface area contributed by atoms with Gasteiger partial charge in [-0.25, -0.2) is 8.42 Å². The quantitative estimate of drug-likeness (QED) is 0.275. The number of sulfone groups is 1. The normalized spacial score (nSPS) is 12.4. The summed E-state index contributed by atoms with van der Waals surface area (Å²) in [6.07, 6.45) is 3.52. The molecule has 0 aliphatic heterocycles. The monoisotopic (exact) mass is 542 g/mol. The van der Waals surface area contributed by atoms with Gasteiger partial charge in [-0.1, -0.05) is 30.7 Å². The first-order valence-corrected chi connectivity index (χ1v) is 11.8. The third-order valence-corrected chi connectivity index (χ3v) is 7.15. The molecule has 1 aromatic heterocycles. The van der Waals surface area contributed by atoms with Gasteiger partial charge in [0.05, 0.1) is 4.90 Å². The Morgan fingerprint density at radius 3 is 2.12 bits per heavy atom. The van der Waals surface area contributed by atoms with Crippen LogP contribution in [-0.4, -0.2) is 24.4 Å². The van der Waals surface area contributed by atoms with E-state index in [2.05, 4.69) is 10.3 Å². The Labute approximate surface area is 216 Å². The molecule has 11 heteroatoms. The summed E-state index contributed by atoms with van der Waals surface area (Å²) in [7, 11) is -4.00. The molecule has 1 heterocycles. The Balaban J connectivity index is 0.00000289. The molecule has 1 amide bonds. The lowest BCUT2D eigenvalue weighted by Crippen LogP contribution is -2.32. The number of benzene rings is 2. The zero-order chi connectivity index (χ0) is 23.3. The molecule has 0 bridgehead atoms. The van der Waals surface area contributed by atoms with Gasteiger partial charge in [0.15, 0.2) is 0 Å². The fourth-order valence-electron chi connectivity index (χ4n) is 3.27. The predicted molar refractivity (Wildman–Crippen MR) is 140 cm³/mol. The molecule has 2 aromatic carbocycles. The minimum atomic E-state index is -4.00. The van der Waals surface area contributed by atoms with Crippen LogP contribution in [-0.2, 0) is 9.84 Å². The number of aromatic nitrogens is 1. The zero-order valence-corrected chi connectivity index (χ0v) is 21.3. The van der Waals surface area contributed by atoms with Crippen molar-refractivity contribution in [3.05, 3.63) is 89.2 Å². The Bertz CT molecular complexity index is 1210. The highest BCUT2D eigenvalue weighted by Gasteiger charge is 2.32. The van der Waals surface area contributed by atoms with Gasteiger partial charge in [0.2, 0.25) is 9.84 Å². The molecule has 7 nitrogen and oxygen atoms in total. The van der Waals surface area contributed by atoms with Crippen molar-refractivity contribution < 1.29 is 13.2 Å². The molecule has 0 radical (unpaired) electrons. The highest BCUT2D eigenvalue weighted by Crippen LogP contribution is 2.28. The highest BCUT2D eigenvalue weighted by molar-refractivity contribution is 8.06. The summed E-state index contributed by atoms with van der Waals surface area (Å²) in [6, 6.07) is 14.9. The van der Waals surface area contributed by atoms with Crippen LogP contribution in [0.5, 0.6) is 0 Å². The zero-order valence-electron chi connectivity index (χ0n) is 18.1. The Hall–Kier alpha value is -2.49. The Morgan fingerprint density at radius 2 is 1.59 bits per heavy atom. The minimum Gasteiger partial charge on any atom is -0.323 e. The maximum atomic E-state index is 12.9. The minimum absolute atomic E-state index is 0. The van der Waals surface area contributed by atoms with Crippen LogP contribution in [0.4, 0.5) is 5.69 Å². The number of hydrogen-bond donors (Lipinski definition) is 3. The highest BCUT2D eigenvalue weighted by atomic mass is 35.5. The molecule has 0 fully saturated rings. The van der Waals surface area contributed by atoms with Crippen molar-refractivity contribution in [3.8, 4) is 0 Å². The van der Waals surface area contributed by atoms with Crippen molar-refractivity contribution in [2.24, 2.45) is 11.7 Å². The van der Waals surface area contributed by atoms with Gasteiger partial charge in [-0.05, 0) is 60.5 Å². The van der Waals surface area contributed by atoms with Crippen LogP contribution < -0.4 is 11.1 Å². The van der Waals surface area contributed by atoms with Crippen molar-refractivity contribution in [2.45, 2.75) is 24.3 Å². The lowest BCUT2D eigenvalue weighted by Gasteiger charge is -2.24. The predicted octanol–water partition coefficient (Wildman–Crippen LogP) is 5.31. The second-order valence-corrected chi connectivity index (χ2v) is 9.53. The average Bonchev–Trinajstić information content (AvgIpc) is 2.80. The number of halogens is 3. The molecular formula is C23H25Cl3N4O3S. The van der Waals surface area contributed by atoms with Crippen molar-refractivity contribution in [1.29, 1.82) is 5.41 Å². The molecule has 0 saturated carbocycles. The second-order valence-electron chi connectivity index (χ2n) is 7.17. The van der Waals surface area contributed by atoms with E-state index >= 15 is 0 Å². The molecule has 3 aromatic rings. The molecule has 34 heavy (non-hydrogen) atoms. The fraction of sp³-hybridized carbons (Fsp3) is 0.174. The molecule has 0 spiro atoms. The lowest BCUT2D eigenvalue weighted by molar-refractivity contribution is 0.102. The van der Waals surface area contributed by atoms with Gasteiger partial charge in [0, 0.05) is 40.6 Å². The topological polar surface area (TPSA) is 126 Å². The number of amides is 1. The van der Waals surface area contributed by atoms with Crippen LogP contribution in [0.25, 0.3) is 0 Å². The largest absolute Gasteiger partial charge is 0.323 e. The van der Waals surface area contributed by atoms with E-state index in [1.54, 1.807) is 55.7 Å². The van der Waals surface area contributed by atoms with Crippen LogP contribution in [0.1, 0.15) is 35.3 Å². The molecule has 0 aliphatic carbocycles. The summed E-state index contributed by atoms with van der Waals surface area (Å²) in [5.74, 6) is -1.02. The van der Waals surface area contributed by atoms with E-state index in [1.165, 1.54) is 24.3 Å². The fourth-order valence-corrected chi connectivity index (χ4v) is 4.86. The van der Waals surface area contributed by atoms with Crippen LogP contribution in [0.15, 0.2) is 78.0 Å². The SMILES string of the molecule is CCC(C(=N)S(=O)(=O)c1ccc(Cl)cc1)C(N)c1ccc(C(=O)Nc2ccncc2)cc1.Cl.Cl. The number of anilines is 1. The van der Waals surface area contributed by atoms with Gasteiger partial charge in [0.25, 0.3) is 5.91 Å². The number of nitrogens with two attached hydrogens (primary N) is 1. The first kappa shape index (κ1) is 29.5. The smallest absolute Gasteiger partial charge is 0.255 e. The van der Waals surface area contributed by atoms with Crippen molar-refractivity contribution in [1.82, 2.24) is 4.98 Å². The summed E-state index contributed by atoms with van der Waals surface area (Å²) < 4.78 is 25.8. The molecular weight excluding hydrogens is 519 g/mol. The van der Waals surface area contributed by atoms with E-state index in [1.807, 2.05) is 0 Å². The summed E-state index contributed by atoms with van der Waals surface area (Å²) in [4.78, 5) is 16.3. The first-order valence-electron chi connectivity index (χ1n) is 9.90. The van der Waals surface area contributed by atoms with E-state index in [-0.39, 0.29) is 35.6 Å². The Morgan fingerprint density at radius 1 is 1.03 bits per heavy atom. The third-order valence-electron chi connectivity index (χ3n) is 5.12. The summed E-state index contributed by atoms with van der Waals surface area (Å²) in [6.45, 7) is 1.78. The molecule has 3 rings (SSSR count). The maximum absolute atomic E-state index is 12.9. The van der Waals surface area contributed by atoms with E-state index in [9.17, 15) is 13.2 Å². The van der Waals surface area contributed by atoms with Crippen LogP contribution in [0, 0.1) is 11.3 Å². The van der Waals surface area contributed by atoms with Crippen molar-refractivity contribution in [3.63, 3.8) is 0 Å². The average molecular weight is 544 g/mol. The van der Waals surface area contributed by atoms with E-state index < -0.39 is 26.8 Å². The van der Waals surface area contributed by atoms with Gasteiger partial charge in [-0.15, -0.1) is 24.8 Å². The number of carbonyl (C=O) groups is 1. The number of carbonyl (C=O) groups excluding carboxylic acids is 1. The molecule has 182 valence electrons. The number of nitrogens with zero attached hydrogens (tertiary/aromatic N) is 1. The third kappa shape index (κ3) is 6.77.